The molecule has 1 aliphatic rings. The molecule has 6 heteroatoms. The van der Waals surface area contributed by atoms with Gasteiger partial charge >= 0.3 is 0 Å². The maximum atomic E-state index is 9.29. The molecule has 0 aromatic rings. The molecule has 88 valence electrons. The molecular weight excluding hydrogens is 204 g/mol. The summed E-state index contributed by atoms with van der Waals surface area (Å²) < 4.78 is 8.74. The molecule has 0 bridgehead atoms. The highest BCUT2D eigenvalue weighted by atomic mass is 16.6. The molecule has 0 spiro atoms. The van der Waals surface area contributed by atoms with Crippen LogP contribution in [-0.4, -0.2) is 53.5 Å². The number of hydrogen-bond donors (Lipinski definition) is 3. The first-order valence-electron chi connectivity index (χ1n) is 4.43. The summed E-state index contributed by atoms with van der Waals surface area (Å²) in [5, 5.41) is 26.3. The lowest BCUT2D eigenvalue weighted by Crippen LogP contribution is -2.40. The Morgan fingerprint density at radius 2 is 2.13 bits per heavy atom. The Kier molecular flexibility index (Phi) is 7.84. The molecular formula is C9H16O6. The van der Waals surface area contributed by atoms with Crippen LogP contribution in [0.25, 0.3) is 0 Å². The molecule has 15 heavy (non-hydrogen) atoms. The van der Waals surface area contributed by atoms with Crippen LogP contribution in [0.15, 0.2) is 12.7 Å². The van der Waals surface area contributed by atoms with Gasteiger partial charge in [-0.25, -0.2) is 0 Å². The molecule has 0 aliphatic carbocycles. The summed E-state index contributed by atoms with van der Waals surface area (Å²) in [6.07, 6.45) is -0.985. The first-order chi connectivity index (χ1) is 7.11. The first-order valence-corrected chi connectivity index (χ1v) is 4.43. The van der Waals surface area contributed by atoms with E-state index < -0.39 is 18.5 Å². The second-order valence-corrected chi connectivity index (χ2v) is 2.90. The predicted molar refractivity (Wildman–Crippen MR) is 50.8 cm³/mol. The Morgan fingerprint density at radius 3 is 2.47 bits per heavy atom. The monoisotopic (exact) mass is 220 g/mol. The summed E-state index contributed by atoms with van der Waals surface area (Å²) in [6, 6.07) is 0. The summed E-state index contributed by atoms with van der Waals surface area (Å²) in [4.78, 5) is 9.29. The zero-order valence-electron chi connectivity index (χ0n) is 8.28. The van der Waals surface area contributed by atoms with Crippen LogP contribution in [0.1, 0.15) is 6.42 Å². The molecule has 3 unspecified atom stereocenters. The van der Waals surface area contributed by atoms with Gasteiger partial charge in [0.15, 0.2) is 6.29 Å². The van der Waals surface area contributed by atoms with Crippen molar-refractivity contribution in [1.82, 2.24) is 0 Å². The van der Waals surface area contributed by atoms with Gasteiger partial charge in [0.05, 0.1) is 12.7 Å². The minimum absolute atomic E-state index is 0.109. The van der Waals surface area contributed by atoms with Gasteiger partial charge in [-0.05, 0) is 0 Å². The molecule has 6 nitrogen and oxygen atoms in total. The van der Waals surface area contributed by atoms with Crippen molar-refractivity contribution in [2.45, 2.75) is 24.9 Å². The molecule has 0 amide bonds. The van der Waals surface area contributed by atoms with Crippen molar-refractivity contribution in [1.29, 1.82) is 0 Å². The van der Waals surface area contributed by atoms with Gasteiger partial charge in [-0.15, -0.1) is 0 Å². The summed E-state index contributed by atoms with van der Waals surface area (Å²) in [5.74, 6) is 0. The summed E-state index contributed by atoms with van der Waals surface area (Å²) in [5.41, 5.74) is 0. The minimum atomic E-state index is -1.12. The van der Waals surface area contributed by atoms with Gasteiger partial charge in [0.2, 0.25) is 0 Å². The van der Waals surface area contributed by atoms with Crippen molar-refractivity contribution in [3.8, 4) is 0 Å². The fraction of sp³-hybridized carbons (Fsp3) is 0.667. The first kappa shape index (κ1) is 14.1. The predicted octanol–water partition coefficient (Wildman–Crippen LogP) is -1.21. The molecule has 0 aromatic carbocycles. The van der Waals surface area contributed by atoms with E-state index in [-0.39, 0.29) is 13.0 Å². The smallest absolute Gasteiger partial charge is 0.293 e. The maximum absolute atomic E-state index is 9.29. The molecule has 0 saturated carbocycles. The number of aliphatic hydroxyl groups excluding tert-OH is 3. The maximum Gasteiger partial charge on any atom is 0.293 e. The fourth-order valence-corrected chi connectivity index (χ4v) is 0.891. The Bertz CT molecular complexity index is 175. The lowest BCUT2D eigenvalue weighted by atomic mass is 10.1. The zero-order valence-corrected chi connectivity index (χ0v) is 8.28. The summed E-state index contributed by atoms with van der Waals surface area (Å²) >= 11 is 0. The minimum Gasteiger partial charge on any atom is -0.464 e. The number of ether oxygens (including phenoxy) is 2. The van der Waals surface area contributed by atoms with Crippen molar-refractivity contribution in [3.05, 3.63) is 12.7 Å². The van der Waals surface area contributed by atoms with Gasteiger partial charge in [0.1, 0.15) is 12.7 Å². The molecule has 3 atom stereocenters. The summed E-state index contributed by atoms with van der Waals surface area (Å²) in [7, 11) is 0. The van der Waals surface area contributed by atoms with Crippen molar-refractivity contribution in [2.75, 3.05) is 13.2 Å². The van der Waals surface area contributed by atoms with Crippen LogP contribution in [0.3, 0.4) is 0 Å². The molecule has 1 saturated heterocycles. The van der Waals surface area contributed by atoms with E-state index in [9.17, 15) is 4.79 Å². The van der Waals surface area contributed by atoms with E-state index in [0.29, 0.717) is 13.1 Å². The van der Waals surface area contributed by atoms with Crippen LogP contribution in [0.2, 0.25) is 0 Å². The second kappa shape index (κ2) is 8.37. The molecule has 1 rings (SSSR count). The number of aliphatic hydroxyl groups is 3. The average molecular weight is 220 g/mol. The quantitative estimate of drug-likeness (QED) is 0.314. The van der Waals surface area contributed by atoms with Gasteiger partial charge in [0, 0.05) is 6.42 Å². The van der Waals surface area contributed by atoms with Crippen molar-refractivity contribution in [2.24, 2.45) is 0 Å². The highest BCUT2D eigenvalue weighted by Gasteiger charge is 2.26. The number of rotatable bonds is 3. The Labute approximate surface area is 87.7 Å². The molecule has 1 fully saturated rings. The van der Waals surface area contributed by atoms with Gasteiger partial charge in [0.25, 0.3) is 6.47 Å². The van der Waals surface area contributed by atoms with E-state index in [2.05, 4.69) is 16.1 Å². The van der Waals surface area contributed by atoms with Crippen molar-refractivity contribution < 1.29 is 29.6 Å². The van der Waals surface area contributed by atoms with Crippen molar-refractivity contribution in [3.63, 3.8) is 0 Å². The molecule has 3 N–H and O–H groups in total. The van der Waals surface area contributed by atoms with Gasteiger partial charge in [-0.3, -0.25) is 4.79 Å². The molecule has 1 aliphatic heterocycles. The van der Waals surface area contributed by atoms with E-state index in [1.165, 1.54) is 6.08 Å². The Morgan fingerprint density at radius 1 is 1.47 bits per heavy atom. The van der Waals surface area contributed by atoms with E-state index in [1.54, 1.807) is 0 Å². The van der Waals surface area contributed by atoms with Crippen molar-refractivity contribution >= 4 is 6.47 Å². The normalized spacial score (nSPS) is 29.7. The molecule has 1 heterocycles. The number of hydrogen-bond acceptors (Lipinski definition) is 6. The Hall–Kier alpha value is -0.950. The number of carbonyl (C=O) groups is 1. The topological polar surface area (TPSA) is 96.2 Å². The Balaban J connectivity index is 0.000000288. The fourth-order valence-electron chi connectivity index (χ4n) is 0.891. The van der Waals surface area contributed by atoms with Crippen LogP contribution in [0.4, 0.5) is 0 Å². The van der Waals surface area contributed by atoms with Crippen LogP contribution >= 0.6 is 0 Å². The second-order valence-electron chi connectivity index (χ2n) is 2.90. The third kappa shape index (κ3) is 7.03. The molecule has 0 radical (unpaired) electrons. The summed E-state index contributed by atoms with van der Waals surface area (Å²) in [6.45, 7) is 4.12. The number of carbonyl (C=O) groups excluding carboxylic acids is 1. The van der Waals surface area contributed by atoms with Gasteiger partial charge < -0.3 is 24.8 Å². The highest BCUT2D eigenvalue weighted by Crippen LogP contribution is 2.11. The van der Waals surface area contributed by atoms with Crippen LogP contribution in [0.5, 0.6) is 0 Å². The molecule has 0 aromatic heterocycles. The van der Waals surface area contributed by atoms with E-state index >= 15 is 0 Å². The van der Waals surface area contributed by atoms with Crippen LogP contribution in [-0.2, 0) is 14.3 Å². The third-order valence-corrected chi connectivity index (χ3v) is 1.58. The van der Waals surface area contributed by atoms with Gasteiger partial charge in [-0.2, -0.15) is 0 Å². The average Bonchev–Trinajstić information content (AvgIpc) is 2.22. The van der Waals surface area contributed by atoms with E-state index in [4.69, 9.17) is 15.3 Å². The third-order valence-electron chi connectivity index (χ3n) is 1.58. The van der Waals surface area contributed by atoms with Crippen LogP contribution in [0, 0.1) is 0 Å². The largest absolute Gasteiger partial charge is 0.464 e. The standard InChI is InChI=1S/C5H10O4.C4H6O2/c6-3-1-4(7)5(8)9-2-3;1-2-3-6-4-5/h3-8H,1-2H2;2,4H,1,3H2. The highest BCUT2D eigenvalue weighted by molar-refractivity contribution is 5.37. The van der Waals surface area contributed by atoms with E-state index in [0.717, 1.165) is 0 Å². The lowest BCUT2D eigenvalue weighted by Gasteiger charge is -2.26. The van der Waals surface area contributed by atoms with Crippen LogP contribution < -0.4 is 0 Å². The lowest BCUT2D eigenvalue weighted by molar-refractivity contribution is -0.211. The van der Waals surface area contributed by atoms with Gasteiger partial charge in [-0.1, -0.05) is 12.7 Å². The SMILES string of the molecule is C=CCOC=O.OC1COC(O)C(O)C1. The zero-order chi connectivity index (χ0) is 11.7. The van der Waals surface area contributed by atoms with E-state index in [1.807, 2.05) is 0 Å².